The van der Waals surface area contributed by atoms with Crippen LogP contribution in [-0.2, 0) is 24.3 Å². The molecule has 0 saturated heterocycles. The smallest absolute Gasteiger partial charge is 0.260 e. The molecule has 1 aliphatic heterocycles. The van der Waals surface area contributed by atoms with Crippen molar-refractivity contribution in [2.24, 2.45) is 0 Å². The Kier molecular flexibility index (Phi) is 5.68. The lowest BCUT2D eigenvalue weighted by molar-refractivity contribution is -0.122. The Morgan fingerprint density at radius 1 is 1.24 bits per heavy atom. The molecule has 2 amide bonds. The summed E-state index contributed by atoms with van der Waals surface area (Å²) in [4.78, 5) is 31.9. The Bertz CT molecular complexity index is 1000. The minimum absolute atomic E-state index is 0.0872. The highest BCUT2D eigenvalue weighted by molar-refractivity contribution is 7.15. The summed E-state index contributed by atoms with van der Waals surface area (Å²) in [7, 11) is 0. The van der Waals surface area contributed by atoms with E-state index in [1.165, 1.54) is 36.0 Å². The van der Waals surface area contributed by atoms with Gasteiger partial charge in [-0.25, -0.2) is 9.37 Å². The van der Waals surface area contributed by atoms with Crippen molar-refractivity contribution in [1.29, 1.82) is 0 Å². The van der Waals surface area contributed by atoms with Crippen LogP contribution in [-0.4, -0.2) is 34.8 Å². The first kappa shape index (κ1) is 19.3. The van der Waals surface area contributed by atoms with Gasteiger partial charge in [0, 0.05) is 30.9 Å². The molecule has 0 unspecified atom stereocenters. The highest BCUT2D eigenvalue weighted by atomic mass is 32.1. The normalized spacial score (nSPS) is 13.7. The second-order valence-electron chi connectivity index (χ2n) is 6.72. The van der Waals surface area contributed by atoms with E-state index < -0.39 is 0 Å². The number of carbonyl (C=O) groups excluding carboxylic acids is 2. The number of furan rings is 1. The Balaban J connectivity index is 1.29. The second-order valence-corrected chi connectivity index (χ2v) is 7.80. The van der Waals surface area contributed by atoms with Crippen LogP contribution >= 0.6 is 11.3 Å². The van der Waals surface area contributed by atoms with Crippen LogP contribution in [0.15, 0.2) is 47.3 Å². The van der Waals surface area contributed by atoms with Crippen LogP contribution in [0.5, 0.6) is 0 Å². The van der Waals surface area contributed by atoms with Gasteiger partial charge in [-0.1, -0.05) is 12.1 Å². The average Bonchev–Trinajstić information content (AvgIpc) is 3.37. The third-order valence-electron chi connectivity index (χ3n) is 4.58. The van der Waals surface area contributed by atoms with Crippen LogP contribution in [0, 0.1) is 5.82 Å². The van der Waals surface area contributed by atoms with E-state index in [-0.39, 0.29) is 24.2 Å². The molecule has 7 nitrogen and oxygen atoms in total. The van der Waals surface area contributed by atoms with Crippen molar-refractivity contribution in [3.8, 4) is 0 Å². The third-order valence-corrected chi connectivity index (χ3v) is 5.58. The van der Waals surface area contributed by atoms with Crippen LogP contribution in [0.2, 0.25) is 0 Å². The number of aromatic nitrogens is 1. The summed E-state index contributed by atoms with van der Waals surface area (Å²) in [5, 5.41) is 6.18. The quantitative estimate of drug-likeness (QED) is 0.648. The van der Waals surface area contributed by atoms with Crippen LogP contribution in [0.4, 0.5) is 9.52 Å². The van der Waals surface area contributed by atoms with Crippen molar-refractivity contribution >= 4 is 28.3 Å². The van der Waals surface area contributed by atoms with Gasteiger partial charge in [0.05, 0.1) is 24.1 Å². The molecule has 3 aromatic rings. The van der Waals surface area contributed by atoms with Crippen LogP contribution in [0.25, 0.3) is 0 Å². The van der Waals surface area contributed by atoms with Gasteiger partial charge in [0.15, 0.2) is 5.13 Å². The molecule has 4 rings (SSSR count). The van der Waals surface area contributed by atoms with Gasteiger partial charge in [-0.05, 0) is 23.8 Å². The zero-order chi connectivity index (χ0) is 20.2. The molecule has 0 spiro atoms. The summed E-state index contributed by atoms with van der Waals surface area (Å²) in [5.74, 6) is -0.647. The number of nitrogens with one attached hydrogen (secondary N) is 2. The van der Waals surface area contributed by atoms with Crippen LogP contribution < -0.4 is 10.6 Å². The summed E-state index contributed by atoms with van der Waals surface area (Å²) in [5.41, 5.74) is 2.25. The fourth-order valence-corrected chi connectivity index (χ4v) is 4.11. The fraction of sp³-hybridized carbons (Fsp3) is 0.250. The summed E-state index contributed by atoms with van der Waals surface area (Å²) in [6.45, 7) is 1.96. The van der Waals surface area contributed by atoms with Crippen LogP contribution in [0.1, 0.15) is 26.5 Å². The van der Waals surface area contributed by atoms with Gasteiger partial charge < -0.3 is 9.73 Å². The number of carbonyl (C=O) groups is 2. The maximum atomic E-state index is 12.9. The Morgan fingerprint density at radius 3 is 2.83 bits per heavy atom. The van der Waals surface area contributed by atoms with Gasteiger partial charge in [0.25, 0.3) is 5.91 Å². The summed E-state index contributed by atoms with van der Waals surface area (Å²) in [6.07, 6.45) is 3.55. The summed E-state index contributed by atoms with van der Waals surface area (Å²) >= 11 is 1.42. The Labute approximate surface area is 170 Å². The molecule has 0 bridgehead atoms. The zero-order valence-corrected chi connectivity index (χ0v) is 16.3. The van der Waals surface area contributed by atoms with E-state index in [2.05, 4.69) is 15.6 Å². The number of nitrogens with zero attached hydrogens (tertiary/aromatic N) is 2. The number of benzene rings is 1. The summed E-state index contributed by atoms with van der Waals surface area (Å²) < 4.78 is 17.9. The lowest BCUT2D eigenvalue weighted by atomic mass is 10.2. The van der Waals surface area contributed by atoms with Crippen molar-refractivity contribution in [1.82, 2.24) is 15.2 Å². The molecular formula is C20H19FN4O3S. The van der Waals surface area contributed by atoms with E-state index in [0.717, 1.165) is 29.1 Å². The fourth-order valence-electron chi connectivity index (χ4n) is 3.06. The predicted molar refractivity (Wildman–Crippen MR) is 106 cm³/mol. The highest BCUT2D eigenvalue weighted by Gasteiger charge is 2.23. The standard InChI is InChI=1S/C20H19FN4O3S/c21-15-3-1-13(2-4-15)9-22-18(26)11-25-7-5-16-17(10-25)29-20(23-16)24-19(27)14-6-8-28-12-14/h1-4,6,8,12H,5,7,9-11H2,(H,22,26)(H,23,24,27). The molecule has 0 saturated carbocycles. The number of rotatable bonds is 6. The molecule has 0 atom stereocenters. The maximum absolute atomic E-state index is 12.9. The van der Waals surface area contributed by atoms with Gasteiger partial charge >= 0.3 is 0 Å². The van der Waals surface area contributed by atoms with Crippen LogP contribution in [0.3, 0.4) is 0 Å². The number of fused-ring (bicyclic) bond motifs is 1. The van der Waals surface area contributed by atoms with E-state index in [1.54, 1.807) is 18.2 Å². The van der Waals surface area contributed by atoms with E-state index in [0.29, 0.717) is 23.8 Å². The largest absolute Gasteiger partial charge is 0.472 e. The Hall–Kier alpha value is -3.04. The van der Waals surface area contributed by atoms with E-state index in [9.17, 15) is 14.0 Å². The van der Waals surface area contributed by atoms with Crippen molar-refractivity contribution in [2.45, 2.75) is 19.5 Å². The van der Waals surface area contributed by atoms with Gasteiger partial charge in [-0.3, -0.25) is 19.8 Å². The van der Waals surface area contributed by atoms with E-state index >= 15 is 0 Å². The first-order valence-corrected chi connectivity index (χ1v) is 9.94. The van der Waals surface area contributed by atoms with E-state index in [1.807, 2.05) is 4.90 Å². The molecule has 0 aliphatic carbocycles. The molecule has 2 aromatic heterocycles. The summed E-state index contributed by atoms with van der Waals surface area (Å²) in [6, 6.07) is 7.65. The number of amides is 2. The monoisotopic (exact) mass is 414 g/mol. The first-order chi connectivity index (χ1) is 14.1. The lowest BCUT2D eigenvalue weighted by Gasteiger charge is -2.25. The number of anilines is 1. The number of thiazole rings is 1. The molecule has 1 aromatic carbocycles. The van der Waals surface area contributed by atoms with Gasteiger partial charge in [0.1, 0.15) is 12.1 Å². The van der Waals surface area contributed by atoms with Crippen molar-refractivity contribution in [3.63, 3.8) is 0 Å². The minimum Gasteiger partial charge on any atom is -0.472 e. The van der Waals surface area contributed by atoms with Gasteiger partial charge in [-0.15, -0.1) is 11.3 Å². The molecule has 2 N–H and O–H groups in total. The highest BCUT2D eigenvalue weighted by Crippen LogP contribution is 2.28. The molecule has 3 heterocycles. The Morgan fingerprint density at radius 2 is 2.07 bits per heavy atom. The molecule has 0 radical (unpaired) electrons. The number of hydrogen-bond acceptors (Lipinski definition) is 6. The molecular weight excluding hydrogens is 395 g/mol. The third kappa shape index (κ3) is 4.87. The molecule has 29 heavy (non-hydrogen) atoms. The minimum atomic E-state index is -0.297. The number of hydrogen-bond donors (Lipinski definition) is 2. The molecule has 0 fully saturated rings. The predicted octanol–water partition coefficient (Wildman–Crippen LogP) is 2.80. The van der Waals surface area contributed by atoms with Gasteiger partial charge in [0.2, 0.25) is 5.91 Å². The average molecular weight is 414 g/mol. The van der Waals surface area contributed by atoms with E-state index in [4.69, 9.17) is 4.42 Å². The van der Waals surface area contributed by atoms with Crippen molar-refractivity contribution < 1.29 is 18.4 Å². The maximum Gasteiger partial charge on any atom is 0.260 e. The topological polar surface area (TPSA) is 87.5 Å². The molecule has 150 valence electrons. The lowest BCUT2D eigenvalue weighted by Crippen LogP contribution is -2.39. The number of halogens is 1. The first-order valence-electron chi connectivity index (χ1n) is 9.12. The van der Waals surface area contributed by atoms with Crippen molar-refractivity contribution in [3.05, 3.63) is 70.4 Å². The molecule has 9 heteroatoms. The zero-order valence-electron chi connectivity index (χ0n) is 15.5. The second kappa shape index (κ2) is 8.54. The SMILES string of the molecule is O=C(CN1CCc2nc(NC(=O)c3ccoc3)sc2C1)NCc1ccc(F)cc1. The molecule has 1 aliphatic rings. The van der Waals surface area contributed by atoms with Crippen molar-refractivity contribution in [2.75, 3.05) is 18.4 Å². The van der Waals surface area contributed by atoms with Gasteiger partial charge in [-0.2, -0.15) is 0 Å².